The summed E-state index contributed by atoms with van der Waals surface area (Å²) >= 11 is 0. The number of ether oxygens (including phenoxy) is 7. The van der Waals surface area contributed by atoms with Gasteiger partial charge in [-0.2, -0.15) is 0 Å². The number of hydrogen-bond acceptors (Lipinski definition) is 7. The van der Waals surface area contributed by atoms with Crippen molar-refractivity contribution in [2.24, 2.45) is 0 Å². The quantitative estimate of drug-likeness (QED) is 0.0342. The van der Waals surface area contributed by atoms with E-state index in [1.165, 1.54) is 218 Å². The van der Waals surface area contributed by atoms with Crippen molar-refractivity contribution in [3.05, 3.63) is 24.3 Å². The summed E-state index contributed by atoms with van der Waals surface area (Å²) < 4.78 is 42.3. The lowest BCUT2D eigenvalue weighted by atomic mass is 10.1. The molecule has 0 radical (unpaired) electrons. The molecule has 400 valence electrons. The molecule has 0 rings (SSSR count). The fraction of sp³-hybridized carbons (Fsp3) is 0.933. The van der Waals surface area contributed by atoms with Crippen LogP contribution >= 0.6 is 0 Å². The van der Waals surface area contributed by atoms with E-state index >= 15 is 0 Å². The van der Waals surface area contributed by atoms with Crippen LogP contribution in [-0.4, -0.2) is 65.8 Å². The minimum Gasteiger partial charge on any atom is -0.353 e. The molecule has 2 atom stereocenters. The minimum atomic E-state index is -0.406. The lowest BCUT2D eigenvalue weighted by Crippen LogP contribution is -2.22. The van der Waals surface area contributed by atoms with Crippen LogP contribution < -0.4 is 0 Å². The second kappa shape index (κ2) is 57.8. The second-order valence-corrected chi connectivity index (χ2v) is 19.7. The lowest BCUT2D eigenvalue weighted by molar-refractivity contribution is -0.188. The maximum absolute atomic E-state index is 6.25. The molecule has 0 N–H and O–H groups in total. The first kappa shape index (κ1) is 66.2. The molecule has 2 unspecified atom stereocenters. The van der Waals surface area contributed by atoms with Gasteiger partial charge in [-0.1, -0.05) is 232 Å². The van der Waals surface area contributed by atoms with Crippen LogP contribution in [-0.2, 0) is 33.2 Å². The van der Waals surface area contributed by atoms with Gasteiger partial charge in [-0.25, -0.2) is 0 Å². The Labute approximate surface area is 419 Å². The third kappa shape index (κ3) is 51.4. The number of methoxy groups -OCH3 is 2. The Morgan fingerprint density at radius 2 is 0.522 bits per heavy atom. The maximum atomic E-state index is 6.25. The molecule has 0 aromatic carbocycles. The van der Waals surface area contributed by atoms with Gasteiger partial charge in [0.25, 0.3) is 0 Å². The molecule has 0 spiro atoms. The number of hydrogen-bond donors (Lipinski definition) is 0. The molecule has 0 bridgehead atoms. The van der Waals surface area contributed by atoms with Gasteiger partial charge in [-0.15, -0.1) is 0 Å². The van der Waals surface area contributed by atoms with E-state index in [1.807, 2.05) is 12.2 Å². The first-order valence-electron chi connectivity index (χ1n) is 29.7. The van der Waals surface area contributed by atoms with Crippen molar-refractivity contribution in [3.8, 4) is 0 Å². The van der Waals surface area contributed by atoms with Gasteiger partial charge in [-0.3, -0.25) is 0 Å². The molecule has 7 nitrogen and oxygen atoms in total. The molecule has 0 aromatic heterocycles. The van der Waals surface area contributed by atoms with Gasteiger partial charge >= 0.3 is 0 Å². The van der Waals surface area contributed by atoms with Gasteiger partial charge in [0.15, 0.2) is 25.2 Å². The molecular formula is C60H118O7. The summed E-state index contributed by atoms with van der Waals surface area (Å²) in [6, 6.07) is 0. The van der Waals surface area contributed by atoms with Crippen LogP contribution in [0.25, 0.3) is 0 Å². The van der Waals surface area contributed by atoms with E-state index in [9.17, 15) is 0 Å². The third-order valence-corrected chi connectivity index (χ3v) is 13.1. The molecular weight excluding hydrogens is 833 g/mol. The first-order valence-corrected chi connectivity index (χ1v) is 29.7. The van der Waals surface area contributed by atoms with Gasteiger partial charge in [0.05, 0.1) is 0 Å². The largest absolute Gasteiger partial charge is 0.353 e. The van der Waals surface area contributed by atoms with Crippen LogP contribution in [0.3, 0.4) is 0 Å². The Bertz CT molecular complexity index is 849. The fourth-order valence-corrected chi connectivity index (χ4v) is 8.64. The molecule has 67 heavy (non-hydrogen) atoms. The Hall–Kier alpha value is -0.800. The molecule has 0 saturated carbocycles. The van der Waals surface area contributed by atoms with E-state index in [2.05, 4.69) is 39.8 Å². The molecule has 0 aliphatic heterocycles. The van der Waals surface area contributed by atoms with Crippen molar-refractivity contribution in [2.75, 3.05) is 40.6 Å². The third-order valence-electron chi connectivity index (χ3n) is 13.1. The summed E-state index contributed by atoms with van der Waals surface area (Å²) in [5.74, 6) is 0. The van der Waals surface area contributed by atoms with Crippen LogP contribution in [0.4, 0.5) is 0 Å². The molecule has 0 aliphatic rings. The smallest absolute Gasteiger partial charge is 0.179 e. The van der Waals surface area contributed by atoms with Crippen molar-refractivity contribution >= 4 is 0 Å². The van der Waals surface area contributed by atoms with Crippen molar-refractivity contribution < 1.29 is 33.2 Å². The summed E-state index contributed by atoms with van der Waals surface area (Å²) in [5, 5.41) is 0. The zero-order valence-corrected chi connectivity index (χ0v) is 46.0. The second-order valence-electron chi connectivity index (χ2n) is 19.7. The topological polar surface area (TPSA) is 64.6 Å². The Morgan fingerprint density at radius 3 is 0.791 bits per heavy atom. The van der Waals surface area contributed by atoms with Crippen LogP contribution in [0.15, 0.2) is 24.3 Å². The Morgan fingerprint density at radius 1 is 0.284 bits per heavy atom. The number of rotatable bonds is 58. The predicted molar refractivity (Wildman–Crippen MR) is 289 cm³/mol. The molecule has 0 fully saturated rings. The van der Waals surface area contributed by atoms with Crippen molar-refractivity contribution in [1.29, 1.82) is 0 Å². The summed E-state index contributed by atoms with van der Waals surface area (Å²) in [6.45, 7) is 12.5. The van der Waals surface area contributed by atoms with Crippen LogP contribution in [0.2, 0.25) is 0 Å². The van der Waals surface area contributed by atoms with E-state index in [4.69, 9.17) is 33.2 Å². The average Bonchev–Trinajstić information content (AvgIpc) is 3.34. The molecule has 0 saturated heterocycles. The zero-order chi connectivity index (χ0) is 48.6. The standard InChI is InChI=1S/C60H118O7/c1-7-11-15-19-37-45-53-63-59(64-54-46-38-20-16-12-8-2)51-43-35-31-27-23-25-29-33-41-49-57(61-5)67-58(62-6)50-42-34-30-26-24-28-32-36-44-52-60(65-55-47-39-21-17-13-9-3)66-56-48-40-22-18-14-10-4/h41-42,49-50,57-60H,7-40,43-48,51-56H2,1-6H3. The highest BCUT2D eigenvalue weighted by Crippen LogP contribution is 2.18. The van der Waals surface area contributed by atoms with Gasteiger partial charge in [0.2, 0.25) is 0 Å². The number of unbranched alkanes of at least 4 members (excludes halogenated alkanes) is 34. The summed E-state index contributed by atoms with van der Waals surface area (Å²) in [7, 11) is 3.40. The maximum Gasteiger partial charge on any atom is 0.179 e. The van der Waals surface area contributed by atoms with Gasteiger partial charge < -0.3 is 33.2 Å². The van der Waals surface area contributed by atoms with Gasteiger partial charge in [0.1, 0.15) is 0 Å². The van der Waals surface area contributed by atoms with Crippen molar-refractivity contribution in [3.63, 3.8) is 0 Å². The SMILES string of the molecule is CCCCCCCCOC(CCCCCCCCCC=CC(OC)OC(C=CCCCCCCCCCC(OCCCCCCCC)OCCCCCCCC)OC)OCCCCCCCC. The number of allylic oxidation sites excluding steroid dienone is 2. The molecule has 0 amide bonds. The fourth-order valence-electron chi connectivity index (χ4n) is 8.64. The Balaban J connectivity index is 4.15. The average molecular weight is 952 g/mol. The summed E-state index contributed by atoms with van der Waals surface area (Å²) in [4.78, 5) is 0. The first-order chi connectivity index (χ1) is 33.1. The van der Waals surface area contributed by atoms with Crippen LogP contribution in [0.5, 0.6) is 0 Å². The van der Waals surface area contributed by atoms with Crippen LogP contribution in [0, 0.1) is 0 Å². The molecule has 7 heteroatoms. The van der Waals surface area contributed by atoms with Crippen molar-refractivity contribution in [1.82, 2.24) is 0 Å². The monoisotopic (exact) mass is 951 g/mol. The minimum absolute atomic E-state index is 0.0145. The van der Waals surface area contributed by atoms with Crippen LogP contribution in [0.1, 0.15) is 297 Å². The normalized spacial score (nSPS) is 13.1. The summed E-state index contributed by atoms with van der Waals surface area (Å²) in [6.07, 6.45) is 60.7. The van der Waals surface area contributed by atoms with E-state index in [-0.39, 0.29) is 12.6 Å². The molecule has 0 aromatic rings. The van der Waals surface area contributed by atoms with Gasteiger partial charge in [0, 0.05) is 40.6 Å². The van der Waals surface area contributed by atoms with E-state index in [0.29, 0.717) is 0 Å². The predicted octanol–water partition coefficient (Wildman–Crippen LogP) is 19.2. The van der Waals surface area contributed by atoms with Crippen molar-refractivity contribution in [2.45, 2.75) is 323 Å². The van der Waals surface area contributed by atoms with E-state index in [0.717, 1.165) is 77.8 Å². The zero-order valence-electron chi connectivity index (χ0n) is 46.0. The highest BCUT2D eigenvalue weighted by molar-refractivity contribution is 4.89. The van der Waals surface area contributed by atoms with E-state index in [1.54, 1.807) is 14.2 Å². The lowest BCUT2D eigenvalue weighted by Gasteiger charge is -2.19. The van der Waals surface area contributed by atoms with Gasteiger partial charge in [-0.05, 0) is 89.2 Å². The highest BCUT2D eigenvalue weighted by atomic mass is 16.8. The summed E-state index contributed by atoms with van der Waals surface area (Å²) in [5.41, 5.74) is 0. The Kier molecular flexibility index (Phi) is 57.1. The van der Waals surface area contributed by atoms with E-state index < -0.39 is 12.6 Å². The molecule has 0 heterocycles. The highest BCUT2D eigenvalue weighted by Gasteiger charge is 2.12. The molecule has 0 aliphatic carbocycles.